The Morgan fingerprint density at radius 3 is 2.62 bits per heavy atom. The van der Waals surface area contributed by atoms with Crippen LogP contribution in [0.3, 0.4) is 0 Å². The summed E-state index contributed by atoms with van der Waals surface area (Å²) in [6, 6.07) is 5.34. The molecule has 0 bridgehead atoms. The normalized spacial score (nSPS) is 11.1. The first-order valence-corrected chi connectivity index (χ1v) is 8.04. The van der Waals surface area contributed by atoms with Crippen LogP contribution >= 0.6 is 11.3 Å². The van der Waals surface area contributed by atoms with Crippen molar-refractivity contribution in [1.29, 1.82) is 0 Å². The van der Waals surface area contributed by atoms with Gasteiger partial charge in [0.2, 0.25) is 0 Å². The van der Waals surface area contributed by atoms with Gasteiger partial charge in [0.1, 0.15) is 16.5 Å². The molecule has 2 aromatic rings. The number of halogens is 1. The number of aromatic nitrogens is 1. The summed E-state index contributed by atoms with van der Waals surface area (Å²) in [5, 5.41) is 1.54. The molecule has 0 saturated heterocycles. The van der Waals surface area contributed by atoms with Gasteiger partial charge in [-0.3, -0.25) is 0 Å². The van der Waals surface area contributed by atoms with Gasteiger partial charge in [0.15, 0.2) is 5.13 Å². The van der Waals surface area contributed by atoms with Gasteiger partial charge < -0.3 is 10.6 Å². The maximum Gasteiger partial charge on any atom is 0.182 e. The van der Waals surface area contributed by atoms with E-state index in [4.69, 9.17) is 5.73 Å². The smallest absolute Gasteiger partial charge is 0.182 e. The molecule has 0 aliphatic rings. The minimum Gasteiger partial charge on any atom is -0.375 e. The van der Waals surface area contributed by atoms with Gasteiger partial charge in [-0.15, -0.1) is 0 Å². The Morgan fingerprint density at radius 2 is 2.05 bits per heavy atom. The number of rotatable bonds is 5. The van der Waals surface area contributed by atoms with Gasteiger partial charge in [-0.05, 0) is 51.0 Å². The van der Waals surface area contributed by atoms with Gasteiger partial charge in [-0.2, -0.15) is 0 Å². The zero-order chi connectivity index (χ0) is 15.6. The molecule has 21 heavy (non-hydrogen) atoms. The van der Waals surface area contributed by atoms with E-state index in [-0.39, 0.29) is 5.82 Å². The molecular weight excluding hydrogens is 285 g/mol. The summed E-state index contributed by atoms with van der Waals surface area (Å²) in [4.78, 5) is 6.72. The highest BCUT2D eigenvalue weighted by Crippen LogP contribution is 2.38. The van der Waals surface area contributed by atoms with E-state index in [1.807, 2.05) is 13.0 Å². The molecule has 1 aromatic heterocycles. The third-order valence-electron chi connectivity index (χ3n) is 3.29. The third kappa shape index (κ3) is 3.53. The van der Waals surface area contributed by atoms with Crippen LogP contribution in [-0.2, 0) is 0 Å². The summed E-state index contributed by atoms with van der Waals surface area (Å²) in [6.45, 7) is 9.25. The fourth-order valence-electron chi connectivity index (χ4n) is 2.42. The summed E-state index contributed by atoms with van der Waals surface area (Å²) >= 11 is 1.47. The number of aryl methyl sites for hydroxylation is 1. The Bertz CT molecular complexity index is 602. The van der Waals surface area contributed by atoms with E-state index >= 15 is 0 Å². The molecule has 0 spiro atoms. The summed E-state index contributed by atoms with van der Waals surface area (Å²) in [5.74, 6) is -0.242. The summed E-state index contributed by atoms with van der Waals surface area (Å²) < 4.78 is 13.7. The second-order valence-corrected chi connectivity index (χ2v) is 6.52. The molecule has 0 fully saturated rings. The van der Waals surface area contributed by atoms with Crippen LogP contribution in [0.2, 0.25) is 0 Å². The quantitative estimate of drug-likeness (QED) is 0.886. The molecule has 3 nitrogen and oxygen atoms in total. The lowest BCUT2D eigenvalue weighted by atomic mass is 10.1. The van der Waals surface area contributed by atoms with Crippen LogP contribution in [-0.4, -0.2) is 17.6 Å². The van der Waals surface area contributed by atoms with Gasteiger partial charge in [0, 0.05) is 18.2 Å². The zero-order valence-electron chi connectivity index (χ0n) is 13.0. The van der Waals surface area contributed by atoms with E-state index in [0.29, 0.717) is 11.2 Å². The van der Waals surface area contributed by atoms with Crippen LogP contribution in [0.15, 0.2) is 18.2 Å². The van der Waals surface area contributed by atoms with Crippen LogP contribution in [0.25, 0.3) is 11.3 Å². The Kier molecular flexibility index (Phi) is 4.83. The topological polar surface area (TPSA) is 42.1 Å². The van der Waals surface area contributed by atoms with Crippen LogP contribution < -0.4 is 10.6 Å². The van der Waals surface area contributed by atoms with Crippen LogP contribution in [0.5, 0.6) is 0 Å². The second kappa shape index (κ2) is 6.43. The second-order valence-electron chi connectivity index (χ2n) is 5.51. The SMILES string of the molecule is CCCN(c1sc(N)nc1-c1cc(C)cc(F)c1)C(C)C. The lowest BCUT2D eigenvalue weighted by Gasteiger charge is -2.27. The number of hydrogen-bond acceptors (Lipinski definition) is 4. The van der Waals surface area contributed by atoms with Crippen LogP contribution in [0.1, 0.15) is 32.8 Å². The molecule has 0 saturated carbocycles. The van der Waals surface area contributed by atoms with Gasteiger partial charge in [0.05, 0.1) is 0 Å². The van der Waals surface area contributed by atoms with Crippen molar-refractivity contribution in [3.8, 4) is 11.3 Å². The maximum atomic E-state index is 13.7. The van der Waals surface area contributed by atoms with E-state index in [9.17, 15) is 4.39 Å². The standard InChI is InChI=1S/C16H22FN3S/c1-5-6-20(10(2)3)15-14(19-16(18)21-15)12-7-11(4)8-13(17)9-12/h7-10H,5-6H2,1-4H3,(H2,18,19). The van der Waals surface area contributed by atoms with Crippen molar-refractivity contribution in [2.45, 2.75) is 40.2 Å². The monoisotopic (exact) mass is 307 g/mol. The highest BCUT2D eigenvalue weighted by molar-refractivity contribution is 7.19. The van der Waals surface area contributed by atoms with Crippen molar-refractivity contribution in [2.75, 3.05) is 17.2 Å². The maximum absolute atomic E-state index is 13.7. The first-order chi connectivity index (χ1) is 9.92. The van der Waals surface area contributed by atoms with Gasteiger partial charge in [0.25, 0.3) is 0 Å². The molecule has 0 amide bonds. The fraction of sp³-hybridized carbons (Fsp3) is 0.438. The Hall–Kier alpha value is -1.62. The average Bonchev–Trinajstić information content (AvgIpc) is 2.76. The Labute approximate surface area is 129 Å². The first-order valence-electron chi connectivity index (χ1n) is 7.23. The molecule has 1 aromatic carbocycles. The van der Waals surface area contributed by atoms with Crippen molar-refractivity contribution in [2.24, 2.45) is 0 Å². The van der Waals surface area contributed by atoms with Gasteiger partial charge in [-0.1, -0.05) is 18.3 Å². The summed E-state index contributed by atoms with van der Waals surface area (Å²) in [7, 11) is 0. The van der Waals surface area contributed by atoms with E-state index in [0.717, 1.165) is 34.8 Å². The molecule has 1 heterocycles. The molecule has 0 unspecified atom stereocenters. The van der Waals surface area contributed by atoms with Gasteiger partial charge >= 0.3 is 0 Å². The lowest BCUT2D eigenvalue weighted by molar-refractivity contribution is 0.627. The molecule has 0 radical (unpaired) electrons. The Balaban J connectivity index is 2.54. The highest BCUT2D eigenvalue weighted by atomic mass is 32.1. The lowest BCUT2D eigenvalue weighted by Crippen LogP contribution is -2.31. The van der Waals surface area contributed by atoms with Crippen molar-refractivity contribution in [3.05, 3.63) is 29.6 Å². The number of thiazole rings is 1. The van der Waals surface area contributed by atoms with Crippen LogP contribution in [0.4, 0.5) is 14.5 Å². The molecule has 0 atom stereocenters. The average molecular weight is 307 g/mol. The summed E-state index contributed by atoms with van der Waals surface area (Å²) in [6.07, 6.45) is 1.04. The minimum atomic E-state index is -0.242. The van der Waals surface area contributed by atoms with Crippen molar-refractivity contribution < 1.29 is 4.39 Å². The van der Waals surface area contributed by atoms with E-state index in [2.05, 4.69) is 30.7 Å². The third-order valence-corrected chi connectivity index (χ3v) is 4.21. The van der Waals surface area contributed by atoms with E-state index < -0.39 is 0 Å². The van der Waals surface area contributed by atoms with Crippen LogP contribution in [0, 0.1) is 12.7 Å². The molecule has 114 valence electrons. The van der Waals surface area contributed by atoms with E-state index in [1.54, 1.807) is 0 Å². The number of hydrogen-bond donors (Lipinski definition) is 1. The molecule has 5 heteroatoms. The zero-order valence-corrected chi connectivity index (χ0v) is 13.8. The number of benzene rings is 1. The van der Waals surface area contributed by atoms with Crippen molar-refractivity contribution >= 4 is 21.5 Å². The number of anilines is 2. The highest BCUT2D eigenvalue weighted by Gasteiger charge is 2.20. The Morgan fingerprint density at radius 1 is 1.33 bits per heavy atom. The molecular formula is C16H22FN3S. The molecule has 2 N–H and O–H groups in total. The predicted molar refractivity (Wildman–Crippen MR) is 89.4 cm³/mol. The van der Waals surface area contributed by atoms with Crippen molar-refractivity contribution in [3.63, 3.8) is 0 Å². The van der Waals surface area contributed by atoms with Crippen molar-refractivity contribution in [1.82, 2.24) is 4.98 Å². The molecule has 0 aliphatic heterocycles. The minimum absolute atomic E-state index is 0.242. The van der Waals surface area contributed by atoms with E-state index in [1.165, 1.54) is 23.5 Å². The first kappa shape index (κ1) is 15.8. The largest absolute Gasteiger partial charge is 0.375 e. The molecule has 2 rings (SSSR count). The predicted octanol–water partition coefficient (Wildman–Crippen LogP) is 4.46. The number of nitrogen functional groups attached to an aromatic ring is 1. The summed E-state index contributed by atoms with van der Waals surface area (Å²) in [5.41, 5.74) is 8.37. The number of nitrogens with two attached hydrogens (primary N) is 1. The molecule has 0 aliphatic carbocycles. The number of nitrogens with zero attached hydrogens (tertiary/aromatic N) is 2. The van der Waals surface area contributed by atoms with Gasteiger partial charge in [-0.25, -0.2) is 9.37 Å². The fourth-order valence-corrected chi connectivity index (χ4v) is 3.43.